The van der Waals surface area contributed by atoms with Crippen molar-refractivity contribution >= 4 is 27.6 Å². The van der Waals surface area contributed by atoms with Crippen molar-refractivity contribution in [2.24, 2.45) is 0 Å². The van der Waals surface area contributed by atoms with E-state index in [9.17, 15) is 10.1 Å². The molecule has 2 aromatic heterocycles. The van der Waals surface area contributed by atoms with Gasteiger partial charge in [-0.1, -0.05) is 18.2 Å². The summed E-state index contributed by atoms with van der Waals surface area (Å²) in [6.45, 7) is 0. The van der Waals surface area contributed by atoms with Crippen LogP contribution in [0.25, 0.3) is 21.7 Å². The molecule has 0 amide bonds. The molecule has 7 heteroatoms. The molecule has 0 spiro atoms. The van der Waals surface area contributed by atoms with Crippen LogP contribution in [-0.4, -0.2) is 4.68 Å². The number of nitrogens with zero attached hydrogens (tertiary/aromatic N) is 2. The second kappa shape index (κ2) is 3.86. The fourth-order valence-electron chi connectivity index (χ4n) is 2.24. The largest absolute Gasteiger partial charge is 0.438 e. The number of nitrogens with one attached hydrogen (secondary N) is 1. The number of anilines is 1. The quantitative estimate of drug-likeness (QED) is 0.400. The van der Waals surface area contributed by atoms with E-state index in [0.717, 1.165) is 0 Å². The van der Waals surface area contributed by atoms with E-state index in [0.29, 0.717) is 21.0 Å². The van der Waals surface area contributed by atoms with Crippen LogP contribution in [0.2, 0.25) is 0 Å². The summed E-state index contributed by atoms with van der Waals surface area (Å²) >= 11 is 0. The number of aromatic nitrogens is 1. The van der Waals surface area contributed by atoms with Crippen molar-refractivity contribution < 1.29 is 4.42 Å². The summed E-state index contributed by atoms with van der Waals surface area (Å²) in [5.41, 5.74) is 5.08. The second-order valence-corrected chi connectivity index (χ2v) is 4.22. The average Bonchev–Trinajstić information content (AvgIpc) is 2.45. The van der Waals surface area contributed by atoms with Crippen LogP contribution in [-0.2, 0) is 0 Å². The zero-order valence-electron chi connectivity index (χ0n) is 10.2. The third-order valence-electron chi connectivity index (χ3n) is 3.16. The molecule has 0 aliphatic carbocycles. The molecule has 2 heterocycles. The maximum atomic E-state index is 12.0. The van der Waals surface area contributed by atoms with Gasteiger partial charge >= 0.3 is 0 Å². The van der Waals surface area contributed by atoms with Gasteiger partial charge < -0.3 is 16.0 Å². The molecule has 5 N–H and O–H groups in total. The van der Waals surface area contributed by atoms with Crippen LogP contribution in [0.5, 0.6) is 0 Å². The molecule has 0 aliphatic rings. The van der Waals surface area contributed by atoms with Crippen molar-refractivity contribution in [2.45, 2.75) is 0 Å². The summed E-state index contributed by atoms with van der Waals surface area (Å²) in [6.07, 6.45) is 0. The predicted molar refractivity (Wildman–Crippen MR) is 73.1 cm³/mol. The molecule has 0 unspecified atom stereocenters. The smallest absolute Gasteiger partial charge is 0.289 e. The van der Waals surface area contributed by atoms with Gasteiger partial charge in [0.25, 0.3) is 5.56 Å². The Morgan fingerprint density at radius 3 is 2.70 bits per heavy atom. The lowest BCUT2D eigenvalue weighted by atomic mass is 10.0. The van der Waals surface area contributed by atoms with Crippen molar-refractivity contribution in [3.05, 3.63) is 45.7 Å². The highest BCUT2D eigenvalue weighted by Gasteiger charge is 2.18. The van der Waals surface area contributed by atoms with E-state index < -0.39 is 5.56 Å². The number of para-hydroxylation sites is 1. The number of pyridine rings is 1. The van der Waals surface area contributed by atoms with E-state index in [4.69, 9.17) is 21.4 Å². The number of fused-ring (bicyclic) bond motifs is 3. The number of benzene rings is 1. The summed E-state index contributed by atoms with van der Waals surface area (Å²) in [5.74, 6) is 5.43. The Balaban J connectivity index is 2.84. The molecule has 98 valence electrons. The minimum atomic E-state index is -0.701. The van der Waals surface area contributed by atoms with Crippen LogP contribution in [0, 0.1) is 16.7 Å². The lowest BCUT2D eigenvalue weighted by molar-refractivity contribution is 0.542. The summed E-state index contributed by atoms with van der Waals surface area (Å²) in [6, 6.07) is 8.65. The van der Waals surface area contributed by atoms with E-state index in [1.54, 1.807) is 24.3 Å². The first-order chi connectivity index (χ1) is 9.56. The Bertz CT molecular complexity index is 1020. The van der Waals surface area contributed by atoms with Crippen LogP contribution < -0.4 is 22.7 Å². The van der Waals surface area contributed by atoms with Gasteiger partial charge in [-0.2, -0.15) is 5.26 Å². The van der Waals surface area contributed by atoms with Gasteiger partial charge in [0.15, 0.2) is 0 Å². The van der Waals surface area contributed by atoms with Gasteiger partial charge in [0.2, 0.25) is 5.55 Å². The Morgan fingerprint density at radius 1 is 1.30 bits per heavy atom. The molecule has 0 bridgehead atoms. The van der Waals surface area contributed by atoms with Gasteiger partial charge in [-0.15, -0.1) is 0 Å². The van der Waals surface area contributed by atoms with E-state index in [1.165, 1.54) is 0 Å². The highest BCUT2D eigenvalue weighted by Crippen LogP contribution is 2.26. The zero-order chi connectivity index (χ0) is 14.4. The maximum Gasteiger partial charge on any atom is 0.289 e. The topological polar surface area (TPSA) is 135 Å². The predicted octanol–water partition coefficient (Wildman–Crippen LogP) is 0.395. The summed E-state index contributed by atoms with van der Waals surface area (Å²) in [5, 5.41) is 18.1. The molecular formula is C13H9N5O2. The Morgan fingerprint density at radius 2 is 2.00 bits per heavy atom. The highest BCUT2D eigenvalue weighted by atomic mass is 16.3. The first-order valence-corrected chi connectivity index (χ1v) is 5.66. The maximum absolute atomic E-state index is 12.0. The standard InChI is InChI=1S/C13H9N5O2/c14-5-7-9-6-3-1-2-4-8(6)20-12(16)10(9)11(15)18(17)13(7)19/h1-4,16H,15,17H2. The normalized spacial score (nSPS) is 10.8. The van der Waals surface area contributed by atoms with Gasteiger partial charge in [0.05, 0.1) is 5.39 Å². The fourth-order valence-corrected chi connectivity index (χ4v) is 2.24. The van der Waals surface area contributed by atoms with E-state index in [2.05, 4.69) is 0 Å². The van der Waals surface area contributed by atoms with E-state index in [-0.39, 0.29) is 22.3 Å². The summed E-state index contributed by atoms with van der Waals surface area (Å²) in [7, 11) is 0. The van der Waals surface area contributed by atoms with Crippen molar-refractivity contribution in [3.8, 4) is 6.07 Å². The Hall–Kier alpha value is -3.27. The molecule has 1 aromatic carbocycles. The third-order valence-corrected chi connectivity index (χ3v) is 3.16. The van der Waals surface area contributed by atoms with Crippen LogP contribution in [0.3, 0.4) is 0 Å². The van der Waals surface area contributed by atoms with E-state index in [1.807, 2.05) is 6.07 Å². The molecule has 0 atom stereocenters. The van der Waals surface area contributed by atoms with Gasteiger partial charge in [-0.05, 0) is 6.07 Å². The molecule has 0 saturated heterocycles. The SMILES string of the molecule is N#Cc1c(=O)n(N)c(N)c2c(=N)oc3ccccc3c12. The number of nitrogens with two attached hydrogens (primary N) is 2. The molecule has 20 heavy (non-hydrogen) atoms. The highest BCUT2D eigenvalue weighted by molar-refractivity contribution is 6.10. The molecular weight excluding hydrogens is 258 g/mol. The molecule has 0 aliphatic heterocycles. The lowest BCUT2D eigenvalue weighted by Crippen LogP contribution is -2.32. The lowest BCUT2D eigenvalue weighted by Gasteiger charge is -2.10. The van der Waals surface area contributed by atoms with E-state index >= 15 is 0 Å². The number of nitriles is 1. The van der Waals surface area contributed by atoms with Crippen LogP contribution in [0.4, 0.5) is 5.82 Å². The first-order valence-electron chi connectivity index (χ1n) is 5.66. The number of hydrogen-bond donors (Lipinski definition) is 3. The monoisotopic (exact) mass is 267 g/mol. The van der Waals surface area contributed by atoms with Crippen LogP contribution in [0.15, 0.2) is 33.5 Å². The minimum Gasteiger partial charge on any atom is -0.438 e. The molecule has 3 rings (SSSR count). The van der Waals surface area contributed by atoms with Crippen molar-refractivity contribution in [1.82, 2.24) is 4.68 Å². The molecule has 7 nitrogen and oxygen atoms in total. The van der Waals surface area contributed by atoms with Crippen molar-refractivity contribution in [1.29, 1.82) is 10.7 Å². The average molecular weight is 267 g/mol. The van der Waals surface area contributed by atoms with Crippen LogP contribution in [0.1, 0.15) is 5.56 Å². The second-order valence-electron chi connectivity index (χ2n) is 4.22. The summed E-state index contributed by atoms with van der Waals surface area (Å²) < 4.78 is 6.01. The Kier molecular flexibility index (Phi) is 2.28. The molecule has 3 aromatic rings. The number of rotatable bonds is 0. The van der Waals surface area contributed by atoms with Gasteiger partial charge in [-0.3, -0.25) is 10.2 Å². The van der Waals surface area contributed by atoms with Crippen LogP contribution >= 0.6 is 0 Å². The molecule has 0 radical (unpaired) electrons. The third kappa shape index (κ3) is 1.33. The Labute approximate surface area is 111 Å². The molecule has 0 saturated carbocycles. The minimum absolute atomic E-state index is 0.108. The van der Waals surface area contributed by atoms with Gasteiger partial charge in [0.1, 0.15) is 23.0 Å². The number of hydrogen-bond acceptors (Lipinski definition) is 6. The fraction of sp³-hybridized carbons (Fsp3) is 0. The van der Waals surface area contributed by atoms with Crippen molar-refractivity contribution in [3.63, 3.8) is 0 Å². The first kappa shape index (κ1) is 11.8. The summed E-state index contributed by atoms with van der Waals surface area (Å²) in [4.78, 5) is 12.0. The van der Waals surface area contributed by atoms with Crippen molar-refractivity contribution in [2.75, 3.05) is 11.6 Å². The van der Waals surface area contributed by atoms with Gasteiger partial charge in [0, 0.05) is 10.8 Å². The molecule has 0 fully saturated rings. The zero-order valence-corrected chi connectivity index (χ0v) is 10.2. The number of nitrogen functional groups attached to an aromatic ring is 2. The van der Waals surface area contributed by atoms with Gasteiger partial charge in [-0.25, -0.2) is 4.68 Å².